The van der Waals surface area contributed by atoms with E-state index in [2.05, 4.69) is 10.2 Å². The Kier molecular flexibility index (Phi) is 3.73. The van der Waals surface area contributed by atoms with Gasteiger partial charge in [-0.2, -0.15) is 4.84 Å². The SMILES string of the molecule is COc1ccc(Nc2ccccc2[N]Cl)cc1. The van der Waals surface area contributed by atoms with Gasteiger partial charge >= 0.3 is 0 Å². The Morgan fingerprint density at radius 3 is 2.41 bits per heavy atom. The Labute approximate surface area is 105 Å². The lowest BCUT2D eigenvalue weighted by Gasteiger charge is -2.09. The molecule has 3 nitrogen and oxygen atoms in total. The lowest BCUT2D eigenvalue weighted by Crippen LogP contribution is -1.93. The van der Waals surface area contributed by atoms with Gasteiger partial charge in [0.15, 0.2) is 0 Å². The Bertz CT molecular complexity index is 485. The first kappa shape index (κ1) is 11.6. The highest BCUT2D eigenvalue weighted by Crippen LogP contribution is 2.26. The van der Waals surface area contributed by atoms with Crippen LogP contribution in [0.2, 0.25) is 0 Å². The largest absolute Gasteiger partial charge is 0.497 e. The zero-order valence-corrected chi connectivity index (χ0v) is 10.1. The van der Waals surface area contributed by atoms with E-state index < -0.39 is 0 Å². The van der Waals surface area contributed by atoms with Crippen molar-refractivity contribution in [3.63, 3.8) is 0 Å². The number of hydrogen-bond donors (Lipinski definition) is 1. The van der Waals surface area contributed by atoms with Gasteiger partial charge in [0.05, 0.1) is 12.8 Å². The van der Waals surface area contributed by atoms with E-state index in [1.54, 1.807) is 7.11 Å². The van der Waals surface area contributed by atoms with Gasteiger partial charge in [0.2, 0.25) is 0 Å². The summed E-state index contributed by atoms with van der Waals surface area (Å²) in [5, 5.41) is 3.24. The van der Waals surface area contributed by atoms with Gasteiger partial charge in [-0.3, -0.25) is 0 Å². The van der Waals surface area contributed by atoms with Crippen molar-refractivity contribution in [2.75, 3.05) is 12.4 Å². The van der Waals surface area contributed by atoms with Crippen molar-refractivity contribution in [2.45, 2.75) is 0 Å². The summed E-state index contributed by atoms with van der Waals surface area (Å²) in [4.78, 5) is 3.69. The van der Waals surface area contributed by atoms with Crippen molar-refractivity contribution in [2.24, 2.45) is 0 Å². The summed E-state index contributed by atoms with van der Waals surface area (Å²) in [6.07, 6.45) is 0. The van der Waals surface area contributed by atoms with Crippen molar-refractivity contribution in [3.05, 3.63) is 48.5 Å². The standard InChI is InChI=1S/C13H12ClN2O/c1-17-11-8-6-10(7-9-11)15-12-4-2-3-5-13(12)16-14/h2-9,15H,1H3. The van der Waals surface area contributed by atoms with Gasteiger partial charge < -0.3 is 10.1 Å². The Morgan fingerprint density at radius 2 is 1.76 bits per heavy atom. The first-order valence-corrected chi connectivity index (χ1v) is 5.49. The molecule has 2 rings (SSSR count). The predicted octanol–water partition coefficient (Wildman–Crippen LogP) is 3.83. The summed E-state index contributed by atoms with van der Waals surface area (Å²) in [5.41, 5.74) is 2.54. The second-order valence-electron chi connectivity index (χ2n) is 3.46. The number of nitrogens with one attached hydrogen (secondary N) is 1. The molecular formula is C13H12ClN2O. The minimum atomic E-state index is 0.713. The van der Waals surface area contributed by atoms with E-state index in [9.17, 15) is 0 Å². The molecule has 1 radical (unpaired) electrons. The Hall–Kier alpha value is -1.87. The van der Waals surface area contributed by atoms with E-state index in [4.69, 9.17) is 16.5 Å². The fourth-order valence-corrected chi connectivity index (χ4v) is 1.63. The summed E-state index contributed by atoms with van der Waals surface area (Å²) < 4.78 is 5.10. The molecule has 4 heteroatoms. The third-order valence-corrected chi connectivity index (χ3v) is 2.55. The number of rotatable bonds is 4. The van der Waals surface area contributed by atoms with Gasteiger partial charge in [0.1, 0.15) is 11.4 Å². The molecule has 87 valence electrons. The molecule has 17 heavy (non-hydrogen) atoms. The zero-order valence-electron chi connectivity index (χ0n) is 9.35. The van der Waals surface area contributed by atoms with Crippen LogP contribution in [0.4, 0.5) is 17.1 Å². The summed E-state index contributed by atoms with van der Waals surface area (Å²) >= 11 is 5.51. The van der Waals surface area contributed by atoms with Crippen molar-refractivity contribution < 1.29 is 4.74 Å². The Morgan fingerprint density at radius 1 is 1.06 bits per heavy atom. The maximum absolute atomic E-state index is 5.51. The molecule has 0 aromatic heterocycles. The van der Waals surface area contributed by atoms with E-state index >= 15 is 0 Å². The Balaban J connectivity index is 2.19. The molecule has 0 unspecified atom stereocenters. The van der Waals surface area contributed by atoms with Crippen LogP contribution in [0.25, 0.3) is 0 Å². The number of nitrogens with zero attached hydrogens (tertiary/aromatic N) is 1. The third kappa shape index (κ3) is 2.82. The highest BCUT2D eigenvalue weighted by molar-refractivity contribution is 6.16. The van der Waals surface area contributed by atoms with Crippen molar-refractivity contribution >= 4 is 28.8 Å². The summed E-state index contributed by atoms with van der Waals surface area (Å²) in [7, 11) is 1.64. The molecule has 2 aromatic rings. The number of hydrogen-bond acceptors (Lipinski definition) is 2. The van der Waals surface area contributed by atoms with Crippen LogP contribution in [0.15, 0.2) is 48.5 Å². The number of para-hydroxylation sites is 1. The highest BCUT2D eigenvalue weighted by atomic mass is 35.5. The quantitative estimate of drug-likeness (QED) is 0.891. The van der Waals surface area contributed by atoms with Crippen LogP contribution >= 0.6 is 11.8 Å². The van der Waals surface area contributed by atoms with E-state index in [0.29, 0.717) is 5.69 Å². The van der Waals surface area contributed by atoms with Crippen LogP contribution in [0.3, 0.4) is 0 Å². The van der Waals surface area contributed by atoms with Gasteiger partial charge in [-0.25, -0.2) is 0 Å². The molecule has 0 spiro atoms. The maximum atomic E-state index is 5.51. The molecule has 0 bridgehead atoms. The number of benzene rings is 2. The highest BCUT2D eigenvalue weighted by Gasteiger charge is 2.02. The third-order valence-electron chi connectivity index (χ3n) is 2.36. The molecule has 0 heterocycles. The molecule has 0 aliphatic rings. The van der Waals surface area contributed by atoms with E-state index in [-0.39, 0.29) is 0 Å². The fourth-order valence-electron chi connectivity index (χ4n) is 1.48. The number of methoxy groups -OCH3 is 1. The van der Waals surface area contributed by atoms with E-state index in [0.717, 1.165) is 17.1 Å². The van der Waals surface area contributed by atoms with Crippen LogP contribution in [-0.2, 0) is 0 Å². The van der Waals surface area contributed by atoms with Crippen molar-refractivity contribution in [1.82, 2.24) is 4.84 Å². The molecule has 0 saturated carbocycles. The molecule has 0 saturated heterocycles. The monoisotopic (exact) mass is 247 g/mol. The molecule has 1 N–H and O–H groups in total. The molecule has 0 aliphatic heterocycles. The molecular weight excluding hydrogens is 236 g/mol. The smallest absolute Gasteiger partial charge is 0.119 e. The van der Waals surface area contributed by atoms with Gasteiger partial charge in [-0.1, -0.05) is 12.1 Å². The average molecular weight is 248 g/mol. The van der Waals surface area contributed by atoms with Crippen LogP contribution in [0.1, 0.15) is 0 Å². The van der Waals surface area contributed by atoms with Crippen LogP contribution in [-0.4, -0.2) is 7.11 Å². The minimum absolute atomic E-state index is 0.713. The van der Waals surface area contributed by atoms with Crippen LogP contribution in [0, 0.1) is 0 Å². The normalized spacial score (nSPS) is 9.76. The molecule has 0 aliphatic carbocycles. The van der Waals surface area contributed by atoms with Gasteiger partial charge in [0, 0.05) is 17.5 Å². The summed E-state index contributed by atoms with van der Waals surface area (Å²) in [6.45, 7) is 0. The zero-order chi connectivity index (χ0) is 12.1. The number of anilines is 2. The van der Waals surface area contributed by atoms with Gasteiger partial charge in [-0.15, -0.1) is 0 Å². The number of halogens is 1. The van der Waals surface area contributed by atoms with Gasteiger partial charge in [0.25, 0.3) is 0 Å². The van der Waals surface area contributed by atoms with Crippen LogP contribution < -0.4 is 14.9 Å². The molecule has 0 atom stereocenters. The minimum Gasteiger partial charge on any atom is -0.497 e. The van der Waals surface area contributed by atoms with E-state index in [1.165, 1.54) is 0 Å². The first-order valence-electron chi connectivity index (χ1n) is 5.15. The van der Waals surface area contributed by atoms with E-state index in [1.807, 2.05) is 48.5 Å². The first-order chi connectivity index (χ1) is 8.33. The maximum Gasteiger partial charge on any atom is 0.119 e. The molecule has 0 amide bonds. The second-order valence-corrected chi connectivity index (χ2v) is 3.62. The molecule has 2 aromatic carbocycles. The van der Waals surface area contributed by atoms with Crippen molar-refractivity contribution in [3.8, 4) is 5.75 Å². The lowest BCUT2D eigenvalue weighted by atomic mass is 10.2. The van der Waals surface area contributed by atoms with Crippen LogP contribution in [0.5, 0.6) is 5.75 Å². The number of ether oxygens (including phenoxy) is 1. The summed E-state index contributed by atoms with van der Waals surface area (Å²) in [6, 6.07) is 15.2. The topological polar surface area (TPSA) is 35.4 Å². The predicted molar refractivity (Wildman–Crippen MR) is 70.4 cm³/mol. The molecule has 0 fully saturated rings. The fraction of sp³-hybridized carbons (Fsp3) is 0.0769. The second kappa shape index (κ2) is 5.46. The van der Waals surface area contributed by atoms with Gasteiger partial charge in [-0.05, 0) is 36.4 Å². The average Bonchev–Trinajstić information content (AvgIpc) is 2.40. The summed E-state index contributed by atoms with van der Waals surface area (Å²) in [5.74, 6) is 0.825. The lowest BCUT2D eigenvalue weighted by molar-refractivity contribution is 0.415. The van der Waals surface area contributed by atoms with Crippen molar-refractivity contribution in [1.29, 1.82) is 0 Å².